The minimum absolute atomic E-state index is 0.0205. The van der Waals surface area contributed by atoms with Crippen LogP contribution in [0.3, 0.4) is 0 Å². The Bertz CT molecular complexity index is 1330. The molecule has 1 saturated heterocycles. The number of anilines is 1. The first kappa shape index (κ1) is 27.9. The molecule has 0 aliphatic carbocycles. The van der Waals surface area contributed by atoms with Crippen molar-refractivity contribution in [1.29, 1.82) is 0 Å². The molecule has 1 amide bonds. The van der Waals surface area contributed by atoms with Crippen LogP contribution in [-0.2, 0) is 34.6 Å². The molecule has 2 aliphatic rings. The second kappa shape index (κ2) is 10.7. The van der Waals surface area contributed by atoms with Crippen molar-refractivity contribution in [3.05, 3.63) is 73.5 Å². The highest BCUT2D eigenvalue weighted by Crippen LogP contribution is 2.60. The van der Waals surface area contributed by atoms with E-state index in [-0.39, 0.29) is 30.1 Å². The standard InChI is InChI=1S/C27H32BrIN4O4Si/c1-17-25(38(2,3)36)24(10-12-32-16-21(11-13-34)30-31-32)37-27(17)22-14-19(28)6-9-23(22)33(26(27)35)15-18-4-7-20(29)8-5-18/h4-9,14,16-17,24-25,34,36H,10-13,15H2,1-3H3/t17-,24+,25-,27+/m0/s1. The second-order valence-electron chi connectivity index (χ2n) is 10.8. The highest BCUT2D eigenvalue weighted by atomic mass is 127. The highest BCUT2D eigenvalue weighted by molar-refractivity contribution is 14.1. The summed E-state index contributed by atoms with van der Waals surface area (Å²) < 4.78 is 10.7. The third-order valence-corrected chi connectivity index (χ3v) is 11.5. The van der Waals surface area contributed by atoms with Gasteiger partial charge < -0.3 is 19.5 Å². The summed E-state index contributed by atoms with van der Waals surface area (Å²) in [5, 5.41) is 17.5. The Kier molecular flexibility index (Phi) is 7.88. The van der Waals surface area contributed by atoms with Crippen molar-refractivity contribution in [3.63, 3.8) is 0 Å². The number of benzene rings is 2. The Hall–Kier alpha value is -1.64. The Balaban J connectivity index is 1.50. The predicted molar refractivity (Wildman–Crippen MR) is 159 cm³/mol. The molecule has 0 bridgehead atoms. The number of rotatable bonds is 8. The molecule has 8 nitrogen and oxygen atoms in total. The number of halogens is 2. The first-order chi connectivity index (χ1) is 18.0. The molecule has 1 fully saturated rings. The topological polar surface area (TPSA) is 101 Å². The smallest absolute Gasteiger partial charge is 0.264 e. The summed E-state index contributed by atoms with van der Waals surface area (Å²) in [5.74, 6) is -0.296. The lowest BCUT2D eigenvalue weighted by molar-refractivity contribution is -0.146. The number of aliphatic hydroxyl groups is 1. The molecule has 0 unspecified atom stereocenters. The summed E-state index contributed by atoms with van der Waals surface area (Å²) in [5.41, 5.74) is 2.16. The van der Waals surface area contributed by atoms with E-state index in [0.29, 0.717) is 25.9 Å². The van der Waals surface area contributed by atoms with Crippen LogP contribution in [0, 0.1) is 9.49 Å². The third kappa shape index (κ3) is 5.01. The molecule has 3 heterocycles. The molecule has 2 aromatic carbocycles. The fourth-order valence-electron chi connectivity index (χ4n) is 6.19. The zero-order valence-electron chi connectivity index (χ0n) is 21.6. The summed E-state index contributed by atoms with van der Waals surface area (Å²) in [4.78, 5) is 27.7. The van der Waals surface area contributed by atoms with Gasteiger partial charge in [-0.3, -0.25) is 9.48 Å². The maximum absolute atomic E-state index is 14.4. The van der Waals surface area contributed by atoms with Gasteiger partial charge >= 0.3 is 0 Å². The average Bonchev–Trinajstić information content (AvgIpc) is 3.50. The van der Waals surface area contributed by atoms with Crippen molar-refractivity contribution in [1.82, 2.24) is 15.0 Å². The number of carbonyl (C=O) groups excluding carboxylic acids is 1. The molecule has 11 heteroatoms. The van der Waals surface area contributed by atoms with Gasteiger partial charge in [0.05, 0.1) is 24.0 Å². The van der Waals surface area contributed by atoms with E-state index in [1.807, 2.05) is 54.5 Å². The minimum Gasteiger partial charge on any atom is -0.432 e. The van der Waals surface area contributed by atoms with Gasteiger partial charge in [-0.15, -0.1) is 5.10 Å². The first-order valence-corrected chi connectivity index (χ1v) is 17.7. The molecule has 2 N–H and O–H groups in total. The van der Waals surface area contributed by atoms with E-state index in [1.54, 1.807) is 4.68 Å². The van der Waals surface area contributed by atoms with Gasteiger partial charge in [-0.2, -0.15) is 0 Å². The van der Waals surface area contributed by atoms with E-state index in [0.717, 1.165) is 30.6 Å². The minimum atomic E-state index is -2.74. The number of aromatic nitrogens is 3. The maximum Gasteiger partial charge on any atom is 0.264 e. The number of nitrogens with zero attached hydrogens (tertiary/aromatic N) is 4. The molecular weight excluding hydrogens is 679 g/mol. The average molecular weight is 711 g/mol. The van der Waals surface area contributed by atoms with Crippen LogP contribution in [0.4, 0.5) is 5.69 Å². The monoisotopic (exact) mass is 710 g/mol. The van der Waals surface area contributed by atoms with Gasteiger partial charge in [0.25, 0.3) is 5.91 Å². The van der Waals surface area contributed by atoms with Crippen molar-refractivity contribution < 1.29 is 19.4 Å². The van der Waals surface area contributed by atoms with Crippen molar-refractivity contribution in [3.8, 4) is 0 Å². The fraction of sp³-hybridized carbons (Fsp3) is 0.444. The number of fused-ring (bicyclic) bond motifs is 2. The van der Waals surface area contributed by atoms with Crippen molar-refractivity contribution in [2.75, 3.05) is 11.5 Å². The number of carbonyl (C=O) groups is 1. The van der Waals surface area contributed by atoms with Gasteiger partial charge in [-0.25, -0.2) is 0 Å². The molecule has 3 aromatic rings. The molecule has 2 aliphatic heterocycles. The Morgan fingerprint density at radius 2 is 1.95 bits per heavy atom. The van der Waals surface area contributed by atoms with Crippen molar-refractivity contribution in [2.45, 2.75) is 63.2 Å². The zero-order chi connectivity index (χ0) is 27.2. The van der Waals surface area contributed by atoms with Crippen LogP contribution in [0.5, 0.6) is 0 Å². The van der Waals surface area contributed by atoms with Crippen LogP contribution < -0.4 is 4.90 Å². The van der Waals surface area contributed by atoms with Crippen LogP contribution in [0.25, 0.3) is 0 Å². The fourth-order valence-corrected chi connectivity index (χ4v) is 9.51. The van der Waals surface area contributed by atoms with E-state index >= 15 is 0 Å². The summed E-state index contributed by atoms with van der Waals surface area (Å²) in [7, 11) is -2.74. The summed E-state index contributed by atoms with van der Waals surface area (Å²) in [6.45, 7) is 6.93. The van der Waals surface area contributed by atoms with Crippen LogP contribution >= 0.6 is 38.5 Å². The number of ether oxygens (including phenoxy) is 1. The van der Waals surface area contributed by atoms with Crippen molar-refractivity contribution in [2.24, 2.45) is 5.92 Å². The van der Waals surface area contributed by atoms with E-state index in [4.69, 9.17) is 4.74 Å². The maximum atomic E-state index is 14.4. The van der Waals surface area contributed by atoms with Gasteiger partial charge in [-0.05, 0) is 78.0 Å². The van der Waals surface area contributed by atoms with E-state index in [9.17, 15) is 14.7 Å². The second-order valence-corrected chi connectivity index (χ2v) is 16.9. The highest BCUT2D eigenvalue weighted by Gasteiger charge is 2.66. The molecular formula is C27H32BrIN4O4Si. The molecule has 38 heavy (non-hydrogen) atoms. The normalized spacial score (nSPS) is 25.0. The molecule has 4 atom stereocenters. The molecule has 1 aromatic heterocycles. The third-order valence-electron chi connectivity index (χ3n) is 7.80. The van der Waals surface area contributed by atoms with Gasteiger partial charge in [-0.1, -0.05) is 40.2 Å². The largest absolute Gasteiger partial charge is 0.432 e. The van der Waals surface area contributed by atoms with E-state index in [1.165, 1.54) is 0 Å². The van der Waals surface area contributed by atoms with Gasteiger partial charge in [0.2, 0.25) is 0 Å². The number of aliphatic hydroxyl groups excluding tert-OH is 1. The lowest BCUT2D eigenvalue weighted by Gasteiger charge is -2.32. The number of hydrogen-bond acceptors (Lipinski definition) is 6. The summed E-state index contributed by atoms with van der Waals surface area (Å²) in [6.07, 6.45) is 2.55. The quantitative estimate of drug-likeness (QED) is 0.262. The number of hydrogen-bond donors (Lipinski definition) is 2. The Morgan fingerprint density at radius 1 is 1.21 bits per heavy atom. The molecule has 0 saturated carbocycles. The Morgan fingerprint density at radius 3 is 2.63 bits per heavy atom. The predicted octanol–water partition coefficient (Wildman–Crippen LogP) is 4.61. The van der Waals surface area contributed by atoms with Crippen LogP contribution in [0.15, 0.2) is 53.1 Å². The van der Waals surface area contributed by atoms with E-state index < -0.39 is 13.9 Å². The molecule has 1 spiro atoms. The van der Waals surface area contributed by atoms with Gasteiger partial charge in [0.1, 0.15) is 0 Å². The lowest BCUT2D eigenvalue weighted by atomic mass is 9.82. The number of amides is 1. The number of aryl methyl sites for hydroxylation is 1. The zero-order valence-corrected chi connectivity index (χ0v) is 26.4. The van der Waals surface area contributed by atoms with Crippen LogP contribution in [0.2, 0.25) is 18.6 Å². The summed E-state index contributed by atoms with van der Waals surface area (Å²) >= 11 is 5.89. The lowest BCUT2D eigenvalue weighted by Crippen LogP contribution is -2.46. The molecule has 5 rings (SSSR count). The molecule has 202 valence electrons. The van der Waals surface area contributed by atoms with Crippen molar-refractivity contribution >= 4 is 58.4 Å². The van der Waals surface area contributed by atoms with Crippen LogP contribution in [-0.4, -0.2) is 51.8 Å². The van der Waals surface area contributed by atoms with Gasteiger partial charge in [0.15, 0.2) is 13.9 Å². The van der Waals surface area contributed by atoms with Gasteiger partial charge in [0, 0.05) is 50.8 Å². The Labute approximate surface area is 245 Å². The van der Waals surface area contributed by atoms with E-state index in [2.05, 4.69) is 67.9 Å². The summed E-state index contributed by atoms with van der Waals surface area (Å²) in [6, 6.07) is 14.1. The molecule has 0 radical (unpaired) electrons. The SMILES string of the molecule is C[C@H]1[C@H]([Si](C)(C)O)[C@@H](CCn2cc(CCO)nn2)O[C@]12C(=O)N(Cc1ccc(I)cc1)c1ccc(Br)cc12. The van der Waals surface area contributed by atoms with Crippen LogP contribution in [0.1, 0.15) is 30.2 Å². The first-order valence-electron chi connectivity index (χ1n) is 12.8.